The third-order valence-electron chi connectivity index (χ3n) is 9.86. The number of aliphatic imine (C=N–C) groups is 2. The molecule has 0 aromatic heterocycles. The van der Waals surface area contributed by atoms with E-state index in [9.17, 15) is 30.0 Å². The third-order valence-corrected chi connectivity index (χ3v) is 10.0. The van der Waals surface area contributed by atoms with Gasteiger partial charge in [0.1, 0.15) is 46.0 Å². The van der Waals surface area contributed by atoms with Gasteiger partial charge in [-0.05, 0) is 109 Å². The smallest absolute Gasteiger partial charge is 0.340 e. The molecule has 0 radical (unpaired) electrons. The van der Waals surface area contributed by atoms with Gasteiger partial charge in [0.05, 0.1) is 32.8 Å². The molecule has 0 aliphatic carbocycles. The van der Waals surface area contributed by atoms with Gasteiger partial charge in [-0.3, -0.25) is 0 Å². The van der Waals surface area contributed by atoms with Gasteiger partial charge in [0.25, 0.3) is 0 Å². The van der Waals surface area contributed by atoms with Crippen LogP contribution in [-0.4, -0.2) is 42.7 Å². The lowest BCUT2D eigenvalue weighted by Crippen LogP contribution is -2.32. The van der Waals surface area contributed by atoms with Gasteiger partial charge in [-0.15, -0.1) is 0 Å². The van der Waals surface area contributed by atoms with Crippen molar-refractivity contribution in [2.24, 2.45) is 9.98 Å². The average molecular weight is 779 g/mol. The fraction of sp³-hybridized carbons (Fsp3) is 0.0476. The number of aromatic hydroxyl groups is 4. The summed E-state index contributed by atoms with van der Waals surface area (Å²) in [6.07, 6.45) is 0. The van der Waals surface area contributed by atoms with Crippen LogP contribution in [-0.2, 0) is 20.7 Å². The molecule has 0 amide bonds. The summed E-state index contributed by atoms with van der Waals surface area (Å²) in [4.78, 5) is 33.5. The summed E-state index contributed by atoms with van der Waals surface area (Å²) in [6, 6.07) is 28.4. The molecule has 4 aliphatic heterocycles. The number of phenolic OH excluding ortho intramolecular Hbond substituents is 4. The molecule has 4 heterocycles. The standard InChI is InChI=1S/2C21H11NO5S/c2*23-12-2-5-15-18(8-12)26-19-9-13(24)3-6-16(19)21(15)17-7-11(22-10-28)1-4-14(17)20(25)27-21/h2*1-9,23-24H. The Bertz CT molecular complexity index is 2550. The van der Waals surface area contributed by atoms with Crippen molar-refractivity contribution in [3.05, 3.63) is 154 Å². The summed E-state index contributed by atoms with van der Waals surface area (Å²) in [5.74, 6) is 0.306. The van der Waals surface area contributed by atoms with Crippen LogP contribution >= 0.6 is 24.4 Å². The van der Waals surface area contributed by atoms with Crippen LogP contribution in [0.5, 0.6) is 46.0 Å². The molecule has 0 saturated carbocycles. The van der Waals surface area contributed by atoms with Gasteiger partial charge in [-0.2, -0.15) is 9.98 Å². The second-order valence-electron chi connectivity index (χ2n) is 12.9. The van der Waals surface area contributed by atoms with Crippen LogP contribution in [0, 0.1) is 0 Å². The number of carbonyl (C=O) groups excluding carboxylic acids is 2. The van der Waals surface area contributed by atoms with E-state index in [1.807, 2.05) is 0 Å². The molecular weight excluding hydrogens is 757 g/mol. The van der Waals surface area contributed by atoms with E-state index in [0.29, 0.717) is 78.9 Å². The normalized spacial score (nSPS) is 14.9. The van der Waals surface area contributed by atoms with Crippen molar-refractivity contribution in [2.45, 2.75) is 11.2 Å². The molecule has 6 aromatic rings. The zero-order chi connectivity index (χ0) is 38.9. The number of phenols is 4. The van der Waals surface area contributed by atoms with Gasteiger partial charge >= 0.3 is 11.9 Å². The Morgan fingerprint density at radius 3 is 1.07 bits per heavy atom. The van der Waals surface area contributed by atoms with Gasteiger partial charge < -0.3 is 39.4 Å². The Morgan fingerprint density at radius 2 is 0.768 bits per heavy atom. The van der Waals surface area contributed by atoms with E-state index in [2.05, 4.69) is 20.3 Å². The third kappa shape index (κ3) is 5.06. The molecule has 4 N–H and O–H groups in total. The fourth-order valence-corrected chi connectivity index (χ4v) is 7.83. The minimum atomic E-state index is -1.30. The summed E-state index contributed by atoms with van der Waals surface area (Å²) < 4.78 is 23.7. The van der Waals surface area contributed by atoms with Gasteiger partial charge in [0, 0.05) is 57.6 Å². The van der Waals surface area contributed by atoms with Crippen LogP contribution in [0.25, 0.3) is 0 Å². The van der Waals surface area contributed by atoms with Crippen LogP contribution in [0.1, 0.15) is 54.1 Å². The van der Waals surface area contributed by atoms with Gasteiger partial charge in [-0.25, -0.2) is 9.59 Å². The molecule has 0 bridgehead atoms. The Balaban J connectivity index is 0.000000146. The number of hydrogen-bond acceptors (Lipinski definition) is 14. The molecule has 0 saturated heterocycles. The number of isothiocyanates is 2. The molecule has 4 aliphatic rings. The number of rotatable bonds is 2. The quantitative estimate of drug-likeness (QED) is 0.0748. The molecule has 272 valence electrons. The van der Waals surface area contributed by atoms with Crippen molar-refractivity contribution >= 4 is 58.1 Å². The molecule has 0 atom stereocenters. The van der Waals surface area contributed by atoms with Crippen molar-refractivity contribution in [1.82, 2.24) is 0 Å². The van der Waals surface area contributed by atoms with Gasteiger partial charge in [-0.1, -0.05) is 0 Å². The highest BCUT2D eigenvalue weighted by Gasteiger charge is 2.55. The highest BCUT2D eigenvalue weighted by atomic mass is 32.1. The Kier molecular flexibility index (Phi) is 7.76. The lowest BCUT2D eigenvalue weighted by molar-refractivity contribution is 0.0214. The second kappa shape index (κ2) is 12.6. The zero-order valence-corrected chi connectivity index (χ0v) is 30.0. The van der Waals surface area contributed by atoms with Gasteiger partial charge in [0.15, 0.2) is 11.2 Å². The first kappa shape index (κ1) is 34.4. The molecule has 14 heteroatoms. The maximum absolute atomic E-state index is 12.7. The van der Waals surface area contributed by atoms with E-state index in [1.165, 1.54) is 48.5 Å². The van der Waals surface area contributed by atoms with E-state index < -0.39 is 23.1 Å². The van der Waals surface area contributed by atoms with Crippen LogP contribution in [0.3, 0.4) is 0 Å². The van der Waals surface area contributed by atoms with E-state index in [-0.39, 0.29) is 23.0 Å². The number of nitrogens with zero attached hydrogens (tertiary/aromatic N) is 2. The Morgan fingerprint density at radius 1 is 0.446 bits per heavy atom. The maximum atomic E-state index is 12.7. The van der Waals surface area contributed by atoms with Crippen molar-refractivity contribution in [2.75, 3.05) is 0 Å². The van der Waals surface area contributed by atoms with Crippen LogP contribution in [0.2, 0.25) is 0 Å². The average Bonchev–Trinajstić information content (AvgIpc) is 3.62. The maximum Gasteiger partial charge on any atom is 0.340 e. The topological polar surface area (TPSA) is 177 Å². The summed E-state index contributed by atoms with van der Waals surface area (Å²) in [6.45, 7) is 0. The van der Waals surface area contributed by atoms with Crippen molar-refractivity contribution in [3.8, 4) is 46.0 Å². The number of carbonyl (C=O) groups is 2. The SMILES string of the molecule is O=C1OC2(c3ccc(O)cc3Oc3cc(O)ccc32)c2cc(N=C=S)ccc21.O=C1OC2(c3ccc(O)cc3Oc3cc(O)ccc32)c2cc(N=C=S)ccc21. The number of fused-ring (bicyclic) bond motifs is 12. The van der Waals surface area contributed by atoms with Gasteiger partial charge in [0.2, 0.25) is 0 Å². The molecule has 56 heavy (non-hydrogen) atoms. The minimum absolute atomic E-state index is 0.00103. The lowest BCUT2D eigenvalue weighted by atomic mass is 9.77. The lowest BCUT2D eigenvalue weighted by Gasteiger charge is -2.36. The van der Waals surface area contributed by atoms with E-state index >= 15 is 0 Å². The van der Waals surface area contributed by atoms with Crippen molar-refractivity contribution < 1.29 is 49.0 Å². The summed E-state index contributed by atoms with van der Waals surface area (Å²) in [7, 11) is 0. The van der Waals surface area contributed by atoms with Crippen LogP contribution in [0.15, 0.2) is 119 Å². The zero-order valence-electron chi connectivity index (χ0n) is 28.3. The highest BCUT2D eigenvalue weighted by molar-refractivity contribution is 7.78. The molecule has 10 rings (SSSR count). The first-order valence-corrected chi connectivity index (χ1v) is 17.5. The van der Waals surface area contributed by atoms with E-state index in [4.69, 9.17) is 43.4 Å². The largest absolute Gasteiger partial charge is 0.508 e. The molecule has 12 nitrogen and oxygen atoms in total. The molecule has 0 unspecified atom stereocenters. The Hall–Kier alpha value is -7.34. The summed E-state index contributed by atoms with van der Waals surface area (Å²) >= 11 is 9.39. The number of hydrogen-bond donors (Lipinski definition) is 4. The van der Waals surface area contributed by atoms with Crippen molar-refractivity contribution in [3.63, 3.8) is 0 Å². The fourth-order valence-electron chi connectivity index (χ4n) is 7.62. The first-order chi connectivity index (χ1) is 27.0. The summed E-state index contributed by atoms with van der Waals surface area (Å²) in [5, 5.41) is 44.3. The Labute approximate surface area is 326 Å². The van der Waals surface area contributed by atoms with Crippen LogP contribution < -0.4 is 9.47 Å². The number of thiocarbonyl (C=S) groups is 2. The molecule has 2 spiro atoms. The number of esters is 2. The molecular formula is C42H22N2O10S2. The van der Waals surface area contributed by atoms with E-state index in [1.54, 1.807) is 60.7 Å². The second-order valence-corrected chi connectivity index (χ2v) is 13.3. The van der Waals surface area contributed by atoms with E-state index in [0.717, 1.165) is 0 Å². The monoisotopic (exact) mass is 778 g/mol. The minimum Gasteiger partial charge on any atom is -0.508 e. The highest BCUT2D eigenvalue weighted by Crippen LogP contribution is 2.59. The summed E-state index contributed by atoms with van der Waals surface area (Å²) in [5.41, 5.74) is 2.60. The van der Waals surface area contributed by atoms with Crippen LogP contribution in [0.4, 0.5) is 11.4 Å². The first-order valence-electron chi connectivity index (χ1n) is 16.7. The number of ether oxygens (including phenoxy) is 4. The molecule has 6 aromatic carbocycles. The predicted octanol–water partition coefficient (Wildman–Crippen LogP) is 8.80. The predicted molar refractivity (Wildman–Crippen MR) is 205 cm³/mol. The molecule has 0 fully saturated rings. The number of benzene rings is 6. The van der Waals surface area contributed by atoms with Crippen molar-refractivity contribution in [1.29, 1.82) is 0 Å².